The Morgan fingerprint density at radius 1 is 1.00 bits per heavy atom. The molecular formula is C18H17IO6. The fourth-order valence-electron chi connectivity index (χ4n) is 2.61. The third-order valence-corrected chi connectivity index (χ3v) is 4.88. The van der Waals surface area contributed by atoms with Crippen molar-refractivity contribution in [2.45, 2.75) is 6.42 Å². The van der Waals surface area contributed by atoms with Crippen LogP contribution in [0.2, 0.25) is 0 Å². The lowest BCUT2D eigenvalue weighted by atomic mass is 10.0. The van der Waals surface area contributed by atoms with E-state index in [4.69, 9.17) is 23.7 Å². The Balaban J connectivity index is 1.91. The molecule has 0 aliphatic carbocycles. The number of carbonyl (C=O) groups excluding carboxylic acids is 1. The first-order valence-corrected chi connectivity index (χ1v) is 8.56. The smallest absolute Gasteiger partial charge is 0.231 e. The van der Waals surface area contributed by atoms with Crippen LogP contribution in [0.4, 0.5) is 0 Å². The number of hydrogen-bond donors (Lipinski definition) is 0. The molecular weight excluding hydrogens is 439 g/mol. The van der Waals surface area contributed by atoms with Gasteiger partial charge in [-0.05, 0) is 52.4 Å². The molecule has 0 saturated carbocycles. The van der Waals surface area contributed by atoms with E-state index in [0.29, 0.717) is 34.3 Å². The van der Waals surface area contributed by atoms with Crippen molar-refractivity contribution in [3.8, 4) is 28.7 Å². The molecule has 1 aliphatic heterocycles. The van der Waals surface area contributed by atoms with Gasteiger partial charge in [0.1, 0.15) is 0 Å². The Hall–Kier alpha value is -2.16. The molecule has 0 atom stereocenters. The highest BCUT2D eigenvalue weighted by atomic mass is 127. The molecule has 0 unspecified atom stereocenters. The number of halogens is 1. The summed E-state index contributed by atoms with van der Waals surface area (Å²) in [5.74, 6) is 2.66. The fraction of sp³-hybridized carbons (Fsp3) is 0.278. The normalized spacial score (nSPS) is 12.0. The Labute approximate surface area is 159 Å². The fourth-order valence-corrected chi connectivity index (χ4v) is 3.24. The Bertz CT molecular complexity index is 792. The van der Waals surface area contributed by atoms with Gasteiger partial charge in [0.15, 0.2) is 28.8 Å². The molecule has 2 aromatic carbocycles. The van der Waals surface area contributed by atoms with Crippen molar-refractivity contribution in [2.24, 2.45) is 0 Å². The first-order chi connectivity index (χ1) is 12.1. The van der Waals surface area contributed by atoms with Gasteiger partial charge in [-0.25, -0.2) is 0 Å². The molecule has 0 saturated heterocycles. The van der Waals surface area contributed by atoms with Gasteiger partial charge in [0, 0.05) is 15.6 Å². The average Bonchev–Trinajstić information content (AvgIpc) is 3.07. The highest BCUT2D eigenvalue weighted by Gasteiger charge is 2.20. The minimum atomic E-state index is -0.0592. The largest absolute Gasteiger partial charge is 0.493 e. The third kappa shape index (κ3) is 3.46. The molecule has 132 valence electrons. The standard InChI is InChI=1S/C18H17IO6/c1-21-16-6-11(7-17(22-2)18(16)23-3)13(20)4-10-5-14-15(8-12(10)19)25-9-24-14/h5-8H,4,9H2,1-3H3. The van der Waals surface area contributed by atoms with Gasteiger partial charge in [-0.3, -0.25) is 4.79 Å². The van der Waals surface area contributed by atoms with Crippen LogP contribution in [0, 0.1) is 3.57 Å². The molecule has 3 rings (SSSR count). The molecule has 2 aromatic rings. The Kier molecular flexibility index (Phi) is 5.22. The average molecular weight is 456 g/mol. The van der Waals surface area contributed by atoms with Crippen LogP contribution in [0.5, 0.6) is 28.7 Å². The highest BCUT2D eigenvalue weighted by Crippen LogP contribution is 2.39. The number of methoxy groups -OCH3 is 3. The van der Waals surface area contributed by atoms with E-state index < -0.39 is 0 Å². The van der Waals surface area contributed by atoms with Crippen LogP contribution in [0.25, 0.3) is 0 Å². The lowest BCUT2D eigenvalue weighted by molar-refractivity contribution is 0.0992. The monoisotopic (exact) mass is 456 g/mol. The van der Waals surface area contributed by atoms with E-state index in [9.17, 15) is 4.79 Å². The minimum absolute atomic E-state index is 0.0592. The molecule has 6 nitrogen and oxygen atoms in total. The summed E-state index contributed by atoms with van der Waals surface area (Å²) in [4.78, 5) is 12.8. The van der Waals surface area contributed by atoms with Crippen LogP contribution in [0.1, 0.15) is 15.9 Å². The molecule has 0 aromatic heterocycles. The third-order valence-electron chi connectivity index (χ3n) is 3.88. The number of benzene rings is 2. The second kappa shape index (κ2) is 7.38. The number of ether oxygens (including phenoxy) is 5. The molecule has 0 radical (unpaired) electrons. The van der Waals surface area contributed by atoms with Crippen LogP contribution in [0.15, 0.2) is 24.3 Å². The van der Waals surface area contributed by atoms with E-state index in [0.717, 1.165) is 9.13 Å². The Morgan fingerprint density at radius 2 is 1.60 bits per heavy atom. The maximum atomic E-state index is 12.8. The summed E-state index contributed by atoms with van der Waals surface area (Å²) in [5.41, 5.74) is 1.37. The summed E-state index contributed by atoms with van der Waals surface area (Å²) in [5, 5.41) is 0. The SMILES string of the molecule is COc1cc(C(=O)Cc2cc3c(cc2I)OCO3)cc(OC)c1OC. The molecule has 25 heavy (non-hydrogen) atoms. The van der Waals surface area contributed by atoms with Crippen LogP contribution < -0.4 is 23.7 Å². The number of ketones is 1. The van der Waals surface area contributed by atoms with Crippen molar-refractivity contribution in [3.05, 3.63) is 39.0 Å². The predicted molar refractivity (Wildman–Crippen MR) is 99.4 cm³/mol. The van der Waals surface area contributed by atoms with Gasteiger partial charge in [0.2, 0.25) is 12.5 Å². The molecule has 0 bridgehead atoms. The molecule has 7 heteroatoms. The molecule has 0 N–H and O–H groups in total. The molecule has 0 fully saturated rings. The maximum absolute atomic E-state index is 12.8. The second-order valence-corrected chi connectivity index (χ2v) is 6.47. The first-order valence-electron chi connectivity index (χ1n) is 7.48. The van der Waals surface area contributed by atoms with Gasteiger partial charge < -0.3 is 23.7 Å². The highest BCUT2D eigenvalue weighted by molar-refractivity contribution is 14.1. The lowest BCUT2D eigenvalue weighted by Gasteiger charge is -2.14. The zero-order valence-corrected chi connectivity index (χ0v) is 16.2. The summed E-state index contributed by atoms with van der Waals surface area (Å²) in [7, 11) is 4.56. The van der Waals surface area contributed by atoms with E-state index >= 15 is 0 Å². The van der Waals surface area contributed by atoms with Crippen molar-refractivity contribution in [3.63, 3.8) is 0 Å². The van der Waals surface area contributed by atoms with Crippen molar-refractivity contribution in [1.82, 2.24) is 0 Å². The van der Waals surface area contributed by atoms with Gasteiger partial charge in [0.25, 0.3) is 0 Å². The zero-order chi connectivity index (χ0) is 18.0. The van der Waals surface area contributed by atoms with Crippen LogP contribution >= 0.6 is 22.6 Å². The van der Waals surface area contributed by atoms with Gasteiger partial charge in [-0.1, -0.05) is 0 Å². The number of rotatable bonds is 6. The van der Waals surface area contributed by atoms with Crippen molar-refractivity contribution in [2.75, 3.05) is 28.1 Å². The topological polar surface area (TPSA) is 63.2 Å². The molecule has 1 aliphatic rings. The summed E-state index contributed by atoms with van der Waals surface area (Å²) < 4.78 is 27.6. The molecule has 0 amide bonds. The molecule has 1 heterocycles. The van der Waals surface area contributed by atoms with Gasteiger partial charge in [-0.2, -0.15) is 0 Å². The summed E-state index contributed by atoms with van der Waals surface area (Å²) >= 11 is 2.19. The zero-order valence-electron chi connectivity index (χ0n) is 14.1. The molecule has 0 spiro atoms. The number of carbonyl (C=O) groups is 1. The van der Waals surface area contributed by atoms with Crippen LogP contribution in [-0.2, 0) is 6.42 Å². The van der Waals surface area contributed by atoms with Gasteiger partial charge >= 0.3 is 0 Å². The van der Waals surface area contributed by atoms with Crippen LogP contribution in [-0.4, -0.2) is 33.9 Å². The van der Waals surface area contributed by atoms with E-state index in [1.807, 2.05) is 12.1 Å². The van der Waals surface area contributed by atoms with E-state index in [-0.39, 0.29) is 19.0 Å². The van der Waals surface area contributed by atoms with Crippen molar-refractivity contribution < 1.29 is 28.5 Å². The van der Waals surface area contributed by atoms with Gasteiger partial charge in [-0.15, -0.1) is 0 Å². The summed E-state index contributed by atoms with van der Waals surface area (Å²) in [6.07, 6.45) is 0.230. The van der Waals surface area contributed by atoms with Gasteiger partial charge in [0.05, 0.1) is 21.3 Å². The van der Waals surface area contributed by atoms with E-state index in [1.54, 1.807) is 12.1 Å². The predicted octanol–water partition coefficient (Wildman–Crippen LogP) is 3.47. The number of Topliss-reactive ketones (excluding diaryl/α,β-unsaturated/α-hetero) is 1. The summed E-state index contributed by atoms with van der Waals surface area (Å²) in [6, 6.07) is 7.04. The van der Waals surface area contributed by atoms with E-state index in [1.165, 1.54) is 21.3 Å². The Morgan fingerprint density at radius 3 is 2.16 bits per heavy atom. The van der Waals surface area contributed by atoms with Crippen molar-refractivity contribution >= 4 is 28.4 Å². The first kappa shape index (κ1) is 17.7. The number of fused-ring (bicyclic) bond motifs is 1. The maximum Gasteiger partial charge on any atom is 0.231 e. The van der Waals surface area contributed by atoms with Crippen LogP contribution in [0.3, 0.4) is 0 Å². The second-order valence-electron chi connectivity index (χ2n) is 5.31. The lowest BCUT2D eigenvalue weighted by Crippen LogP contribution is -2.07. The minimum Gasteiger partial charge on any atom is -0.493 e. The summed E-state index contributed by atoms with van der Waals surface area (Å²) in [6.45, 7) is 0.204. The quantitative estimate of drug-likeness (QED) is 0.490. The number of hydrogen-bond acceptors (Lipinski definition) is 6. The van der Waals surface area contributed by atoms with Crippen molar-refractivity contribution in [1.29, 1.82) is 0 Å². The van der Waals surface area contributed by atoms with E-state index in [2.05, 4.69) is 22.6 Å².